The van der Waals surface area contributed by atoms with Crippen molar-refractivity contribution in [1.29, 1.82) is 0 Å². The Morgan fingerprint density at radius 1 is 1.64 bits per heavy atom. The molecule has 1 aromatic carbocycles. The zero-order chi connectivity index (χ0) is 10.2. The molecule has 1 aromatic rings. The molecule has 3 nitrogen and oxygen atoms in total. The monoisotopic (exact) mass is 192 g/mol. The van der Waals surface area contributed by atoms with Gasteiger partial charge in [-0.1, -0.05) is 25.5 Å². The Morgan fingerprint density at radius 3 is 3.07 bits per heavy atom. The van der Waals surface area contributed by atoms with Crippen molar-refractivity contribution in [2.24, 2.45) is 0 Å². The molecule has 0 spiro atoms. The highest BCUT2D eigenvalue weighted by Crippen LogP contribution is 2.11. The minimum absolute atomic E-state index is 0.560. The van der Waals surface area contributed by atoms with E-state index in [4.69, 9.17) is 4.84 Å². The fourth-order valence-electron chi connectivity index (χ4n) is 0.994. The van der Waals surface area contributed by atoms with Crippen molar-refractivity contribution in [3.63, 3.8) is 0 Å². The van der Waals surface area contributed by atoms with E-state index in [9.17, 15) is 4.79 Å². The van der Waals surface area contributed by atoms with E-state index in [2.05, 4.69) is 13.0 Å². The van der Waals surface area contributed by atoms with Crippen LogP contribution in [0.15, 0.2) is 24.3 Å². The Balaban J connectivity index is 2.50. The van der Waals surface area contributed by atoms with Gasteiger partial charge in [0.15, 0.2) is 0 Å². The molecule has 75 valence electrons. The Bertz CT molecular complexity index is 261. The number of carbonyl (C=O) groups is 1. The molecule has 3 heteroatoms. The lowest BCUT2D eigenvalue weighted by atomic mass is 10.3. The van der Waals surface area contributed by atoms with Gasteiger partial charge >= 0.3 is 0 Å². The van der Waals surface area contributed by atoms with Crippen LogP contribution in [0.3, 0.4) is 0 Å². The zero-order valence-electron chi connectivity index (χ0n) is 8.27. The number of benzene rings is 1. The van der Waals surface area contributed by atoms with Crippen LogP contribution >= 0.6 is 0 Å². The first kappa shape index (κ1) is 10.7. The van der Waals surface area contributed by atoms with Crippen LogP contribution in [0.2, 0.25) is 0 Å². The van der Waals surface area contributed by atoms with E-state index in [0.717, 1.165) is 12.8 Å². The average molecular weight is 192 g/mol. The number of hydroxylamine groups is 1. The van der Waals surface area contributed by atoms with Crippen LogP contribution < -0.4 is 5.06 Å². The smallest absolute Gasteiger partial charge is 0.238 e. The standard InChI is InChI=1S/C11H14NO2/c1-2-3-9-14-12(10-13)11-7-5-4-6-8-11/h4-5,7-8,10H,2-3,9H2,1H3. The largest absolute Gasteiger partial charge is 0.276 e. The van der Waals surface area contributed by atoms with Crippen LogP contribution in [-0.4, -0.2) is 13.0 Å². The summed E-state index contributed by atoms with van der Waals surface area (Å²) in [6, 6.07) is 9.99. The summed E-state index contributed by atoms with van der Waals surface area (Å²) in [7, 11) is 0. The van der Waals surface area contributed by atoms with E-state index in [-0.39, 0.29) is 0 Å². The van der Waals surface area contributed by atoms with Gasteiger partial charge in [-0.05, 0) is 24.6 Å². The fraction of sp³-hybridized carbons (Fsp3) is 0.364. The Labute approximate surface area is 84.2 Å². The lowest BCUT2D eigenvalue weighted by molar-refractivity contribution is -0.114. The number of carbonyl (C=O) groups excluding carboxylic acids is 1. The molecule has 0 unspecified atom stereocenters. The number of hydrogen-bond donors (Lipinski definition) is 0. The van der Waals surface area contributed by atoms with Crippen molar-refractivity contribution >= 4 is 12.1 Å². The summed E-state index contributed by atoms with van der Waals surface area (Å²) in [5.74, 6) is 0. The number of hydrogen-bond acceptors (Lipinski definition) is 2. The highest BCUT2D eigenvalue weighted by molar-refractivity contribution is 5.71. The van der Waals surface area contributed by atoms with Gasteiger partial charge in [0.25, 0.3) is 0 Å². The third-order valence-electron chi connectivity index (χ3n) is 1.77. The van der Waals surface area contributed by atoms with E-state index < -0.39 is 0 Å². The van der Waals surface area contributed by atoms with Crippen molar-refractivity contribution in [3.8, 4) is 0 Å². The first-order chi connectivity index (χ1) is 6.88. The van der Waals surface area contributed by atoms with Gasteiger partial charge in [-0.2, -0.15) is 5.06 Å². The summed E-state index contributed by atoms with van der Waals surface area (Å²) in [6.07, 6.45) is 2.66. The molecule has 0 aromatic heterocycles. The van der Waals surface area contributed by atoms with Gasteiger partial charge in [0.05, 0.1) is 12.3 Å². The van der Waals surface area contributed by atoms with Crippen molar-refractivity contribution in [2.45, 2.75) is 19.8 Å². The minimum Gasteiger partial charge on any atom is -0.276 e. The topological polar surface area (TPSA) is 29.5 Å². The van der Waals surface area contributed by atoms with Gasteiger partial charge < -0.3 is 0 Å². The Kier molecular flexibility index (Phi) is 4.72. The quantitative estimate of drug-likeness (QED) is 0.393. The zero-order valence-corrected chi connectivity index (χ0v) is 8.27. The molecule has 0 aliphatic rings. The SMILES string of the molecule is CCCCON(C=O)c1c[c]ccc1. The molecule has 0 fully saturated rings. The molecule has 0 heterocycles. The first-order valence-electron chi connectivity index (χ1n) is 4.72. The van der Waals surface area contributed by atoms with Crippen molar-refractivity contribution in [1.82, 2.24) is 0 Å². The molecule has 0 atom stereocenters. The van der Waals surface area contributed by atoms with Crippen LogP contribution in [-0.2, 0) is 9.63 Å². The second kappa shape index (κ2) is 6.16. The molecule has 0 bridgehead atoms. The fourth-order valence-corrected chi connectivity index (χ4v) is 0.994. The number of anilines is 1. The lowest BCUT2D eigenvalue weighted by Gasteiger charge is -2.16. The van der Waals surface area contributed by atoms with Crippen LogP contribution in [0.25, 0.3) is 0 Å². The minimum atomic E-state index is 0.560. The predicted molar refractivity (Wildman–Crippen MR) is 54.7 cm³/mol. The second-order valence-corrected chi connectivity index (χ2v) is 2.88. The summed E-state index contributed by atoms with van der Waals surface area (Å²) < 4.78 is 0. The van der Waals surface area contributed by atoms with Gasteiger partial charge in [-0.25, -0.2) is 0 Å². The molecule has 0 N–H and O–H groups in total. The lowest BCUT2D eigenvalue weighted by Crippen LogP contribution is -2.21. The predicted octanol–water partition coefficient (Wildman–Crippen LogP) is 2.18. The van der Waals surface area contributed by atoms with Crippen LogP contribution in [0.1, 0.15) is 19.8 Å². The van der Waals surface area contributed by atoms with Crippen LogP contribution in [0.5, 0.6) is 0 Å². The molecule has 1 amide bonds. The summed E-state index contributed by atoms with van der Waals surface area (Å²) in [6.45, 7) is 2.63. The van der Waals surface area contributed by atoms with E-state index >= 15 is 0 Å². The van der Waals surface area contributed by atoms with E-state index in [1.165, 1.54) is 5.06 Å². The van der Waals surface area contributed by atoms with E-state index in [1.807, 2.05) is 6.07 Å². The summed E-state index contributed by atoms with van der Waals surface area (Å²) in [5, 5.41) is 1.23. The van der Waals surface area contributed by atoms with Crippen molar-refractivity contribution in [3.05, 3.63) is 30.3 Å². The number of rotatable bonds is 6. The maximum absolute atomic E-state index is 10.7. The molecule has 0 aliphatic heterocycles. The highest BCUT2D eigenvalue weighted by Gasteiger charge is 2.03. The van der Waals surface area contributed by atoms with Crippen LogP contribution in [0.4, 0.5) is 5.69 Å². The molecule has 1 rings (SSSR count). The summed E-state index contributed by atoms with van der Waals surface area (Å²) in [4.78, 5) is 15.9. The number of unbranched alkanes of at least 4 members (excludes halogenated alkanes) is 1. The molecular formula is C11H14NO2. The van der Waals surface area contributed by atoms with E-state index in [0.29, 0.717) is 18.7 Å². The molecule has 14 heavy (non-hydrogen) atoms. The number of amides is 1. The molecule has 0 aliphatic carbocycles. The summed E-state index contributed by atoms with van der Waals surface area (Å²) in [5.41, 5.74) is 0.707. The third-order valence-corrected chi connectivity index (χ3v) is 1.77. The Morgan fingerprint density at radius 2 is 2.50 bits per heavy atom. The third kappa shape index (κ3) is 3.18. The highest BCUT2D eigenvalue weighted by atomic mass is 16.7. The van der Waals surface area contributed by atoms with E-state index in [1.54, 1.807) is 18.2 Å². The van der Waals surface area contributed by atoms with Gasteiger partial charge in [-0.3, -0.25) is 9.63 Å². The van der Waals surface area contributed by atoms with Gasteiger partial charge in [-0.15, -0.1) is 0 Å². The molecule has 0 saturated carbocycles. The number of nitrogens with zero attached hydrogens (tertiary/aromatic N) is 1. The summed E-state index contributed by atoms with van der Waals surface area (Å²) >= 11 is 0. The maximum atomic E-state index is 10.7. The Hall–Kier alpha value is -1.35. The van der Waals surface area contributed by atoms with Crippen molar-refractivity contribution in [2.75, 3.05) is 11.7 Å². The first-order valence-corrected chi connectivity index (χ1v) is 4.72. The van der Waals surface area contributed by atoms with Crippen molar-refractivity contribution < 1.29 is 9.63 Å². The maximum Gasteiger partial charge on any atom is 0.238 e. The normalized spacial score (nSPS) is 9.79. The van der Waals surface area contributed by atoms with Gasteiger partial charge in [0, 0.05) is 0 Å². The van der Waals surface area contributed by atoms with Gasteiger partial charge in [0.1, 0.15) is 0 Å². The van der Waals surface area contributed by atoms with Crippen LogP contribution in [0, 0.1) is 6.07 Å². The second-order valence-electron chi connectivity index (χ2n) is 2.88. The average Bonchev–Trinajstić information content (AvgIpc) is 2.26. The molecule has 1 radical (unpaired) electrons. The van der Waals surface area contributed by atoms with Gasteiger partial charge in [0.2, 0.25) is 6.41 Å². The molecule has 0 saturated heterocycles. The molecular weight excluding hydrogens is 178 g/mol.